The molecule has 0 unspecified atom stereocenters. The highest BCUT2D eigenvalue weighted by Crippen LogP contribution is 2.33. The van der Waals surface area contributed by atoms with Crippen molar-refractivity contribution < 1.29 is 18.3 Å². The van der Waals surface area contributed by atoms with Crippen LogP contribution in [0.4, 0.5) is 10.3 Å². The highest BCUT2D eigenvalue weighted by Gasteiger charge is 2.25. The monoisotopic (exact) mass is 433 g/mol. The Morgan fingerprint density at radius 2 is 1.91 bits per heavy atom. The number of imidazole rings is 1. The van der Waals surface area contributed by atoms with Crippen LogP contribution in [-0.2, 0) is 16.0 Å². The van der Waals surface area contributed by atoms with Crippen LogP contribution in [0.2, 0.25) is 0 Å². The summed E-state index contributed by atoms with van der Waals surface area (Å²) in [5, 5.41) is 3.14. The van der Waals surface area contributed by atoms with Gasteiger partial charge in [0.1, 0.15) is 11.6 Å². The van der Waals surface area contributed by atoms with Crippen LogP contribution >= 0.6 is 0 Å². The maximum atomic E-state index is 13.5. The van der Waals surface area contributed by atoms with Gasteiger partial charge in [0.05, 0.1) is 43.1 Å². The van der Waals surface area contributed by atoms with E-state index in [1.165, 1.54) is 12.1 Å². The minimum atomic E-state index is -0.660. The first-order chi connectivity index (χ1) is 15.7. The van der Waals surface area contributed by atoms with Crippen LogP contribution in [0, 0.1) is 5.82 Å². The first kappa shape index (κ1) is 20.1. The molecule has 1 fully saturated rings. The highest BCUT2D eigenvalue weighted by atomic mass is 19.1. The first-order valence-electron chi connectivity index (χ1n) is 10.0. The zero-order chi connectivity index (χ0) is 21.9. The number of ether oxygens (including phenoxy) is 2. The molecule has 4 aromatic rings. The number of nitrogens with zero attached hydrogens (tertiary/aromatic N) is 3. The van der Waals surface area contributed by atoms with Gasteiger partial charge in [-0.2, -0.15) is 0 Å². The van der Waals surface area contributed by atoms with E-state index in [1.807, 2.05) is 12.1 Å². The molecule has 0 amide bonds. The van der Waals surface area contributed by atoms with Gasteiger partial charge >= 0.3 is 0 Å². The summed E-state index contributed by atoms with van der Waals surface area (Å²) in [5.41, 5.74) is 3.45. The van der Waals surface area contributed by atoms with Gasteiger partial charge in [0.25, 0.3) is 0 Å². The third kappa shape index (κ3) is 4.29. The molecule has 1 aliphatic heterocycles. The van der Waals surface area contributed by atoms with Crippen molar-refractivity contribution in [3.8, 4) is 22.6 Å². The van der Waals surface area contributed by atoms with E-state index in [0.29, 0.717) is 48.6 Å². The van der Waals surface area contributed by atoms with Crippen molar-refractivity contribution in [2.45, 2.75) is 12.8 Å². The van der Waals surface area contributed by atoms with Gasteiger partial charge in [-0.15, -0.1) is 0 Å². The zero-order valence-electron chi connectivity index (χ0n) is 17.0. The number of aromatic nitrogens is 4. The molecule has 8 nitrogen and oxygen atoms in total. The Labute approximate surface area is 183 Å². The number of anilines is 1. The molecule has 9 heteroatoms. The van der Waals surface area contributed by atoms with Crippen LogP contribution in [0.5, 0.6) is 0 Å². The Morgan fingerprint density at radius 3 is 2.66 bits per heavy atom. The summed E-state index contributed by atoms with van der Waals surface area (Å²) in [4.78, 5) is 16.9. The normalized spacial score (nSPS) is 14.6. The van der Waals surface area contributed by atoms with Crippen molar-refractivity contribution in [1.29, 1.82) is 0 Å². The minimum Gasteiger partial charge on any atom is -0.467 e. The molecule has 0 atom stereocenters. The molecule has 5 rings (SSSR count). The van der Waals surface area contributed by atoms with Crippen LogP contribution in [0.1, 0.15) is 17.9 Å². The predicted octanol–water partition coefficient (Wildman–Crippen LogP) is 4.48. The van der Waals surface area contributed by atoms with Gasteiger partial charge in [0.2, 0.25) is 12.2 Å². The molecule has 3 aromatic heterocycles. The summed E-state index contributed by atoms with van der Waals surface area (Å²) in [5.74, 6) is 1.37. The standard InChI is InChI=1S/C23H20FN5O3/c1-14-12-31-22(32-13-14)21-28-19(15-4-6-16(24)7-5-15)20(29-21)18-8-9-25-23(27-18)26-11-17-3-2-10-30-17/h2-10,22H,1,11-13H2,(H,28,29)(H,25,26,27). The Bertz CT molecular complexity index is 1210. The predicted molar refractivity (Wildman–Crippen MR) is 115 cm³/mol. The third-order valence-corrected chi connectivity index (χ3v) is 4.85. The molecule has 1 aromatic carbocycles. The van der Waals surface area contributed by atoms with Gasteiger partial charge in [-0.05, 0) is 48.0 Å². The highest BCUT2D eigenvalue weighted by molar-refractivity contribution is 5.77. The average Bonchev–Trinajstić information content (AvgIpc) is 3.49. The van der Waals surface area contributed by atoms with Crippen molar-refractivity contribution in [3.05, 3.63) is 84.5 Å². The summed E-state index contributed by atoms with van der Waals surface area (Å²) in [6.45, 7) is 5.09. The van der Waals surface area contributed by atoms with Crippen molar-refractivity contribution in [3.63, 3.8) is 0 Å². The lowest BCUT2D eigenvalue weighted by atomic mass is 10.1. The molecule has 0 bridgehead atoms. The van der Waals surface area contributed by atoms with Gasteiger partial charge in [-0.1, -0.05) is 6.58 Å². The molecule has 1 saturated heterocycles. The van der Waals surface area contributed by atoms with E-state index in [1.54, 1.807) is 30.7 Å². The lowest BCUT2D eigenvalue weighted by molar-refractivity contribution is -0.165. The molecule has 162 valence electrons. The molecule has 0 aliphatic carbocycles. The smallest absolute Gasteiger partial charge is 0.223 e. The second-order valence-corrected chi connectivity index (χ2v) is 7.25. The average molecular weight is 433 g/mol. The Balaban J connectivity index is 1.49. The molecular weight excluding hydrogens is 413 g/mol. The third-order valence-electron chi connectivity index (χ3n) is 4.85. The lowest BCUT2D eigenvalue weighted by Gasteiger charge is -2.22. The number of rotatable bonds is 6. The van der Waals surface area contributed by atoms with E-state index in [2.05, 4.69) is 26.8 Å². The largest absolute Gasteiger partial charge is 0.467 e. The summed E-state index contributed by atoms with van der Waals surface area (Å²) < 4.78 is 30.3. The number of furan rings is 1. The second-order valence-electron chi connectivity index (χ2n) is 7.25. The Kier molecular flexibility index (Phi) is 5.49. The van der Waals surface area contributed by atoms with Crippen LogP contribution in [-0.4, -0.2) is 33.1 Å². The fraction of sp³-hybridized carbons (Fsp3) is 0.174. The molecule has 0 spiro atoms. The maximum absolute atomic E-state index is 13.5. The first-order valence-corrected chi connectivity index (χ1v) is 10.0. The van der Waals surface area contributed by atoms with Crippen molar-refractivity contribution in [2.75, 3.05) is 18.5 Å². The molecule has 1 aliphatic rings. The van der Waals surface area contributed by atoms with Crippen molar-refractivity contribution >= 4 is 5.95 Å². The number of halogens is 1. The Hall–Kier alpha value is -3.82. The molecule has 32 heavy (non-hydrogen) atoms. The van der Waals surface area contributed by atoms with E-state index in [0.717, 1.165) is 16.9 Å². The summed E-state index contributed by atoms with van der Waals surface area (Å²) in [6, 6.07) is 11.6. The lowest BCUT2D eigenvalue weighted by Crippen LogP contribution is -2.20. The SMILES string of the molecule is C=C1COC(c2nc(-c3ccc(F)cc3)c(-c3ccnc(NCc4ccco4)n3)[nH]2)OC1. The van der Waals surface area contributed by atoms with E-state index in [4.69, 9.17) is 18.9 Å². The number of aromatic amines is 1. The maximum Gasteiger partial charge on any atom is 0.223 e. The number of hydrogen-bond acceptors (Lipinski definition) is 7. The fourth-order valence-corrected chi connectivity index (χ4v) is 3.30. The summed E-state index contributed by atoms with van der Waals surface area (Å²) in [6.07, 6.45) is 2.60. The van der Waals surface area contributed by atoms with Gasteiger partial charge < -0.3 is 24.2 Å². The number of benzene rings is 1. The van der Waals surface area contributed by atoms with Gasteiger partial charge in [0.15, 0.2) is 5.82 Å². The minimum absolute atomic E-state index is 0.324. The quantitative estimate of drug-likeness (QED) is 0.433. The molecule has 0 radical (unpaired) electrons. The molecule has 2 N–H and O–H groups in total. The molecular formula is C23H20FN5O3. The summed E-state index contributed by atoms with van der Waals surface area (Å²) >= 11 is 0. The van der Waals surface area contributed by atoms with Crippen LogP contribution in [0.3, 0.4) is 0 Å². The van der Waals surface area contributed by atoms with Crippen LogP contribution in [0.15, 0.2) is 71.5 Å². The van der Waals surface area contributed by atoms with Crippen LogP contribution in [0.25, 0.3) is 22.6 Å². The van der Waals surface area contributed by atoms with E-state index < -0.39 is 6.29 Å². The zero-order valence-corrected chi connectivity index (χ0v) is 17.0. The van der Waals surface area contributed by atoms with E-state index >= 15 is 0 Å². The fourth-order valence-electron chi connectivity index (χ4n) is 3.30. The number of hydrogen-bond donors (Lipinski definition) is 2. The number of H-pyrrole nitrogens is 1. The Morgan fingerprint density at radius 1 is 1.09 bits per heavy atom. The topological polar surface area (TPSA) is 98.1 Å². The van der Waals surface area contributed by atoms with Gasteiger partial charge in [-0.25, -0.2) is 19.3 Å². The molecule has 4 heterocycles. The van der Waals surface area contributed by atoms with E-state index in [9.17, 15) is 4.39 Å². The van der Waals surface area contributed by atoms with Crippen molar-refractivity contribution in [2.24, 2.45) is 0 Å². The second kappa shape index (κ2) is 8.74. The van der Waals surface area contributed by atoms with Gasteiger partial charge in [-0.3, -0.25) is 0 Å². The van der Waals surface area contributed by atoms with Gasteiger partial charge in [0, 0.05) is 11.8 Å². The summed E-state index contributed by atoms with van der Waals surface area (Å²) in [7, 11) is 0. The van der Waals surface area contributed by atoms with Crippen molar-refractivity contribution in [1.82, 2.24) is 19.9 Å². The van der Waals surface area contributed by atoms with Crippen LogP contribution < -0.4 is 5.32 Å². The molecule has 0 saturated carbocycles. The van der Waals surface area contributed by atoms with E-state index in [-0.39, 0.29) is 5.82 Å². The number of nitrogens with one attached hydrogen (secondary N) is 2.